The summed E-state index contributed by atoms with van der Waals surface area (Å²) >= 11 is 0. The molecule has 0 bridgehead atoms. The van der Waals surface area contributed by atoms with Crippen LogP contribution in [0.1, 0.15) is 36.1 Å². The van der Waals surface area contributed by atoms with E-state index in [2.05, 4.69) is 27.6 Å². The molecule has 1 N–H and O–H groups in total. The minimum atomic E-state index is -0.234. The molecule has 7 heteroatoms. The van der Waals surface area contributed by atoms with E-state index in [1.165, 1.54) is 0 Å². The van der Waals surface area contributed by atoms with Gasteiger partial charge in [-0.25, -0.2) is 4.68 Å². The number of carbonyl (C=O) groups is 1. The molecule has 0 saturated carbocycles. The molecular formula is C24H25N5O2. The highest BCUT2D eigenvalue weighted by Gasteiger charge is 2.16. The smallest absolute Gasteiger partial charge is 0.272 e. The zero-order chi connectivity index (χ0) is 21.6. The molecule has 0 radical (unpaired) electrons. The van der Waals surface area contributed by atoms with Crippen molar-refractivity contribution in [2.24, 2.45) is 0 Å². The predicted molar refractivity (Wildman–Crippen MR) is 119 cm³/mol. The minimum Gasteiger partial charge on any atom is -0.471 e. The Kier molecular flexibility index (Phi) is 6.12. The number of aryl methyl sites for hydroxylation is 1. The Bertz CT molecular complexity index is 1130. The van der Waals surface area contributed by atoms with E-state index >= 15 is 0 Å². The quantitative estimate of drug-likeness (QED) is 0.466. The van der Waals surface area contributed by atoms with E-state index < -0.39 is 0 Å². The van der Waals surface area contributed by atoms with Gasteiger partial charge in [0.05, 0.1) is 11.7 Å². The number of benzene rings is 2. The maximum atomic E-state index is 12.6. The van der Waals surface area contributed by atoms with Crippen LogP contribution in [0.4, 0.5) is 0 Å². The summed E-state index contributed by atoms with van der Waals surface area (Å²) in [6.45, 7) is 4.92. The van der Waals surface area contributed by atoms with Gasteiger partial charge in [0.15, 0.2) is 6.73 Å². The average Bonchev–Trinajstić information content (AvgIpc) is 3.48. The van der Waals surface area contributed by atoms with Crippen molar-refractivity contribution in [3.8, 4) is 16.9 Å². The third-order valence-corrected chi connectivity index (χ3v) is 5.04. The largest absolute Gasteiger partial charge is 0.471 e. The first-order chi connectivity index (χ1) is 15.1. The molecule has 1 atom stereocenters. The first-order valence-corrected chi connectivity index (χ1v) is 10.3. The molecule has 0 aliphatic carbocycles. The molecule has 31 heavy (non-hydrogen) atoms. The second kappa shape index (κ2) is 9.30. The van der Waals surface area contributed by atoms with Crippen molar-refractivity contribution >= 4 is 5.91 Å². The number of carbonyl (C=O) groups excluding carboxylic acids is 1. The Hall–Kier alpha value is -3.87. The lowest BCUT2D eigenvalue weighted by Crippen LogP contribution is -2.28. The second-order valence-electron chi connectivity index (χ2n) is 7.17. The Morgan fingerprint density at radius 3 is 2.52 bits per heavy atom. The van der Waals surface area contributed by atoms with E-state index in [1.54, 1.807) is 23.1 Å². The molecule has 1 amide bonds. The van der Waals surface area contributed by atoms with E-state index in [0.29, 0.717) is 5.69 Å². The Morgan fingerprint density at radius 1 is 1.03 bits per heavy atom. The van der Waals surface area contributed by atoms with Crippen LogP contribution in [0.25, 0.3) is 11.1 Å². The van der Waals surface area contributed by atoms with Crippen LogP contribution in [-0.2, 0) is 13.3 Å². The van der Waals surface area contributed by atoms with Crippen LogP contribution in [-0.4, -0.2) is 25.5 Å². The number of rotatable bonds is 8. The maximum Gasteiger partial charge on any atom is 0.272 e. The number of hydrogen-bond donors (Lipinski definition) is 1. The Labute approximate surface area is 181 Å². The summed E-state index contributed by atoms with van der Waals surface area (Å²) in [5, 5.41) is 11.5. The highest BCUT2D eigenvalue weighted by Crippen LogP contribution is 2.22. The molecule has 0 saturated heterocycles. The van der Waals surface area contributed by atoms with Gasteiger partial charge < -0.3 is 10.1 Å². The zero-order valence-corrected chi connectivity index (χ0v) is 17.6. The van der Waals surface area contributed by atoms with Gasteiger partial charge in [0, 0.05) is 18.9 Å². The number of hydrogen-bond acceptors (Lipinski definition) is 4. The normalized spacial score (nSPS) is 11.8. The topological polar surface area (TPSA) is 74.0 Å². The van der Waals surface area contributed by atoms with E-state index in [4.69, 9.17) is 4.74 Å². The second-order valence-corrected chi connectivity index (χ2v) is 7.17. The van der Waals surface area contributed by atoms with Crippen LogP contribution in [0.5, 0.6) is 5.75 Å². The molecule has 2 heterocycles. The highest BCUT2D eigenvalue weighted by molar-refractivity contribution is 5.92. The van der Waals surface area contributed by atoms with Crippen molar-refractivity contribution in [1.82, 2.24) is 24.9 Å². The van der Waals surface area contributed by atoms with E-state index in [9.17, 15) is 4.79 Å². The molecule has 158 valence electrons. The van der Waals surface area contributed by atoms with E-state index in [0.717, 1.165) is 29.1 Å². The van der Waals surface area contributed by atoms with Gasteiger partial charge in [-0.15, -0.1) is 0 Å². The van der Waals surface area contributed by atoms with E-state index in [1.807, 2.05) is 67.1 Å². The SMILES string of the molecule is CCn1nccc1C(C)NC(=O)c1ccn(COc2ccc(-c3ccccc3)cc2)n1. The number of nitrogens with zero attached hydrogens (tertiary/aromatic N) is 4. The number of aromatic nitrogens is 4. The summed E-state index contributed by atoms with van der Waals surface area (Å²) in [6.07, 6.45) is 3.47. The summed E-state index contributed by atoms with van der Waals surface area (Å²) in [5.74, 6) is 0.505. The van der Waals surface area contributed by atoms with Crippen LogP contribution in [0.2, 0.25) is 0 Å². The molecule has 7 nitrogen and oxygen atoms in total. The Balaban J connectivity index is 1.33. The lowest BCUT2D eigenvalue weighted by Gasteiger charge is -2.14. The van der Waals surface area contributed by atoms with Gasteiger partial charge in [-0.3, -0.25) is 9.48 Å². The first-order valence-electron chi connectivity index (χ1n) is 10.3. The van der Waals surface area contributed by atoms with Crippen molar-refractivity contribution in [2.75, 3.05) is 0 Å². The predicted octanol–water partition coefficient (Wildman–Crippen LogP) is 4.29. The van der Waals surface area contributed by atoms with Crippen LogP contribution < -0.4 is 10.1 Å². The average molecular weight is 415 g/mol. The molecule has 0 fully saturated rings. The molecular weight excluding hydrogens is 390 g/mol. The molecule has 2 aromatic heterocycles. The van der Waals surface area contributed by atoms with Crippen molar-refractivity contribution in [1.29, 1.82) is 0 Å². The van der Waals surface area contributed by atoms with Crippen LogP contribution in [0, 0.1) is 0 Å². The zero-order valence-electron chi connectivity index (χ0n) is 17.6. The molecule has 4 rings (SSSR count). The minimum absolute atomic E-state index is 0.167. The monoisotopic (exact) mass is 415 g/mol. The fourth-order valence-electron chi connectivity index (χ4n) is 3.39. The lowest BCUT2D eigenvalue weighted by atomic mass is 10.1. The Morgan fingerprint density at radius 2 is 1.77 bits per heavy atom. The molecule has 0 aliphatic heterocycles. The van der Waals surface area contributed by atoms with Gasteiger partial charge in [0.2, 0.25) is 0 Å². The van der Waals surface area contributed by atoms with Gasteiger partial charge in [-0.2, -0.15) is 10.2 Å². The van der Waals surface area contributed by atoms with Gasteiger partial charge in [0.1, 0.15) is 11.4 Å². The summed E-state index contributed by atoms with van der Waals surface area (Å²) < 4.78 is 9.26. The molecule has 0 spiro atoms. The molecule has 0 aliphatic rings. The molecule has 4 aromatic rings. The molecule has 2 aromatic carbocycles. The van der Waals surface area contributed by atoms with Crippen LogP contribution in [0.15, 0.2) is 79.1 Å². The van der Waals surface area contributed by atoms with E-state index in [-0.39, 0.29) is 18.7 Å². The van der Waals surface area contributed by atoms with Gasteiger partial charge in [-0.05, 0) is 49.2 Å². The summed E-state index contributed by atoms with van der Waals surface area (Å²) in [7, 11) is 0. The van der Waals surface area contributed by atoms with Crippen molar-refractivity contribution in [2.45, 2.75) is 33.2 Å². The summed E-state index contributed by atoms with van der Waals surface area (Å²) in [4.78, 5) is 12.6. The van der Waals surface area contributed by atoms with Crippen LogP contribution >= 0.6 is 0 Å². The van der Waals surface area contributed by atoms with Crippen LogP contribution in [0.3, 0.4) is 0 Å². The fraction of sp³-hybridized carbons (Fsp3) is 0.208. The fourth-order valence-corrected chi connectivity index (χ4v) is 3.39. The highest BCUT2D eigenvalue weighted by atomic mass is 16.5. The maximum absolute atomic E-state index is 12.6. The lowest BCUT2D eigenvalue weighted by molar-refractivity contribution is 0.0931. The van der Waals surface area contributed by atoms with Crippen molar-refractivity contribution in [3.63, 3.8) is 0 Å². The third kappa shape index (κ3) is 4.83. The summed E-state index contributed by atoms with van der Waals surface area (Å²) in [6, 6.07) is 21.5. The first kappa shape index (κ1) is 20.4. The number of nitrogens with one attached hydrogen (secondary N) is 1. The summed E-state index contributed by atoms with van der Waals surface area (Å²) in [5.41, 5.74) is 3.59. The third-order valence-electron chi connectivity index (χ3n) is 5.04. The number of amides is 1. The van der Waals surface area contributed by atoms with Crippen molar-refractivity contribution < 1.29 is 9.53 Å². The van der Waals surface area contributed by atoms with Gasteiger partial charge in [-0.1, -0.05) is 42.5 Å². The molecule has 1 unspecified atom stereocenters. The van der Waals surface area contributed by atoms with Gasteiger partial charge in [0.25, 0.3) is 5.91 Å². The standard InChI is InChI=1S/C24H25N5O2/c1-3-29-23(13-15-25-29)18(2)26-24(30)22-14-16-28(27-22)17-31-21-11-9-20(10-12-21)19-7-5-4-6-8-19/h4-16,18H,3,17H2,1-2H3,(H,26,30). The van der Waals surface area contributed by atoms with Crippen molar-refractivity contribution in [3.05, 3.63) is 90.5 Å². The van der Waals surface area contributed by atoms with Gasteiger partial charge >= 0.3 is 0 Å². The number of ether oxygens (including phenoxy) is 1.